The summed E-state index contributed by atoms with van der Waals surface area (Å²) in [6, 6.07) is 4.85. The van der Waals surface area contributed by atoms with Crippen molar-refractivity contribution in [3.63, 3.8) is 0 Å². The average Bonchev–Trinajstić information content (AvgIpc) is 3.13. The van der Waals surface area contributed by atoms with Gasteiger partial charge >= 0.3 is 0 Å². The van der Waals surface area contributed by atoms with E-state index in [0.29, 0.717) is 47.9 Å². The molecule has 0 aromatic carbocycles. The molecule has 0 bridgehead atoms. The first kappa shape index (κ1) is 19.5. The third-order valence-electron chi connectivity index (χ3n) is 5.68. The van der Waals surface area contributed by atoms with Crippen molar-refractivity contribution in [2.45, 2.75) is 23.6 Å². The van der Waals surface area contributed by atoms with Crippen LogP contribution in [0.15, 0.2) is 45.6 Å². The summed E-state index contributed by atoms with van der Waals surface area (Å²) >= 11 is 1.29. The van der Waals surface area contributed by atoms with Crippen molar-refractivity contribution in [3.05, 3.63) is 36.6 Å². The van der Waals surface area contributed by atoms with E-state index in [2.05, 4.69) is 48.8 Å². The van der Waals surface area contributed by atoms with E-state index in [-0.39, 0.29) is 17.1 Å². The summed E-state index contributed by atoms with van der Waals surface area (Å²) in [6.45, 7) is 4.96. The lowest BCUT2D eigenvalue weighted by molar-refractivity contribution is -0.121. The second-order valence-corrected chi connectivity index (χ2v) is 8.72. The molecule has 1 aliphatic carbocycles. The highest BCUT2D eigenvalue weighted by molar-refractivity contribution is 8.14. The molecule has 3 atom stereocenters. The minimum absolute atomic E-state index is 0.177. The lowest BCUT2D eigenvalue weighted by atomic mass is 10.2. The van der Waals surface area contributed by atoms with Gasteiger partial charge in [-0.25, -0.2) is 9.98 Å². The van der Waals surface area contributed by atoms with Crippen LogP contribution in [0.25, 0.3) is 0 Å². The number of rotatable bonds is 2. The number of thioether (sulfide) groups is 1. The van der Waals surface area contributed by atoms with Crippen LogP contribution in [-0.2, 0) is 4.79 Å². The summed E-state index contributed by atoms with van der Waals surface area (Å²) < 4.78 is 13.1. The van der Waals surface area contributed by atoms with Crippen LogP contribution in [0.1, 0.15) is 12.8 Å². The number of amidine groups is 2. The van der Waals surface area contributed by atoms with Crippen LogP contribution in [0.4, 0.5) is 10.1 Å². The lowest BCUT2D eigenvalue weighted by Gasteiger charge is -2.33. The third kappa shape index (κ3) is 3.40. The van der Waals surface area contributed by atoms with Gasteiger partial charge in [-0.2, -0.15) is 14.6 Å². The molecule has 1 aromatic rings. The molecular formula is C19H18FN9OS. The van der Waals surface area contributed by atoms with E-state index < -0.39 is 11.5 Å². The van der Waals surface area contributed by atoms with Crippen molar-refractivity contribution in [2.24, 2.45) is 20.9 Å². The van der Waals surface area contributed by atoms with Crippen molar-refractivity contribution < 1.29 is 9.18 Å². The molecule has 3 N–H and O–H groups in total. The van der Waals surface area contributed by atoms with Gasteiger partial charge in [-0.1, -0.05) is 18.3 Å². The van der Waals surface area contributed by atoms with E-state index >= 15 is 0 Å². The Labute approximate surface area is 181 Å². The first-order valence-corrected chi connectivity index (χ1v) is 10.6. The van der Waals surface area contributed by atoms with E-state index in [1.165, 1.54) is 30.1 Å². The number of halogens is 1. The number of carbonyl (C=O) groups excluding carboxylic acids is 1. The summed E-state index contributed by atoms with van der Waals surface area (Å²) in [7, 11) is 0. The zero-order chi connectivity index (χ0) is 21.6. The molecule has 10 nitrogen and oxygen atoms in total. The Morgan fingerprint density at radius 1 is 1.48 bits per heavy atom. The standard InChI is InChI=1S/C19H18FN9OS/c1-10-15(26-18-23-9-13(7-21)31-18)25-17(28-27-10)29-5-4-11-6-19(11,29)16(30)24-12-2-3-14(20)22-8-12/h2-3,8,11,13,27H,1,4-6,9H2,(H,24,30)(H,23,25,26,28)/t11-,13?,19+/m1/s1. The SMILES string of the molecule is C=C1NNC(N2CC[C@@H]3C[C@@]32C(=O)Nc2ccc(F)nc2)=NC1=NC1=NCC(C#N)S1. The van der Waals surface area contributed by atoms with Crippen LogP contribution in [-0.4, -0.2) is 56.6 Å². The Kier molecular flexibility index (Phi) is 4.62. The van der Waals surface area contributed by atoms with Crippen molar-refractivity contribution in [3.8, 4) is 6.07 Å². The molecule has 1 unspecified atom stereocenters. The number of pyridine rings is 1. The summed E-state index contributed by atoms with van der Waals surface area (Å²) in [5.74, 6) is 0.248. The van der Waals surface area contributed by atoms with Gasteiger partial charge in [0.1, 0.15) is 10.8 Å². The lowest BCUT2D eigenvalue weighted by Crippen LogP contribution is -2.57. The maximum Gasteiger partial charge on any atom is 0.250 e. The number of hydrogen-bond donors (Lipinski definition) is 3. The largest absolute Gasteiger partial charge is 0.326 e. The molecule has 1 saturated heterocycles. The Morgan fingerprint density at radius 3 is 3.06 bits per heavy atom. The molecule has 1 aromatic heterocycles. The number of hydrogen-bond acceptors (Lipinski definition) is 9. The molecule has 1 saturated carbocycles. The van der Waals surface area contributed by atoms with Gasteiger partial charge in [0.05, 0.1) is 30.2 Å². The van der Waals surface area contributed by atoms with E-state index in [1.54, 1.807) is 0 Å². The topological polar surface area (TPSA) is 130 Å². The summed E-state index contributed by atoms with van der Waals surface area (Å²) in [5, 5.41) is 12.1. The van der Waals surface area contributed by atoms with Gasteiger partial charge in [0.25, 0.3) is 5.91 Å². The molecule has 4 heterocycles. The van der Waals surface area contributed by atoms with Gasteiger partial charge in [-0.15, -0.1) is 0 Å². The average molecular weight is 439 g/mol. The number of fused-ring (bicyclic) bond motifs is 1. The smallest absolute Gasteiger partial charge is 0.250 e. The van der Waals surface area contributed by atoms with Crippen LogP contribution in [0, 0.1) is 23.2 Å². The first-order chi connectivity index (χ1) is 15.0. The van der Waals surface area contributed by atoms with Gasteiger partial charge in [0.2, 0.25) is 11.9 Å². The van der Waals surface area contributed by atoms with Crippen LogP contribution in [0.2, 0.25) is 0 Å². The van der Waals surface area contributed by atoms with Crippen molar-refractivity contribution in [1.82, 2.24) is 20.7 Å². The van der Waals surface area contributed by atoms with Gasteiger partial charge in [0.15, 0.2) is 11.0 Å². The van der Waals surface area contributed by atoms with E-state index in [9.17, 15) is 9.18 Å². The molecule has 0 radical (unpaired) electrons. The highest BCUT2D eigenvalue weighted by Crippen LogP contribution is 2.56. The number of aliphatic imine (C=N–C) groups is 3. The molecule has 31 heavy (non-hydrogen) atoms. The predicted octanol–water partition coefficient (Wildman–Crippen LogP) is 0.995. The van der Waals surface area contributed by atoms with Crippen LogP contribution in [0.3, 0.4) is 0 Å². The number of aromatic nitrogens is 1. The number of likely N-dealkylation sites (tertiary alicyclic amines) is 1. The Bertz CT molecular complexity index is 1090. The third-order valence-corrected chi connectivity index (χ3v) is 6.65. The molecule has 1 amide bonds. The minimum Gasteiger partial charge on any atom is -0.326 e. The zero-order valence-corrected chi connectivity index (χ0v) is 17.1. The van der Waals surface area contributed by atoms with Gasteiger partial charge in [0, 0.05) is 6.54 Å². The fraction of sp³-hybridized carbons (Fsp3) is 0.368. The number of hydrazine groups is 1. The van der Waals surface area contributed by atoms with E-state index in [1.807, 2.05) is 4.90 Å². The van der Waals surface area contributed by atoms with Gasteiger partial charge in [-0.3, -0.25) is 20.6 Å². The number of amides is 1. The van der Waals surface area contributed by atoms with Crippen molar-refractivity contribution >= 4 is 40.3 Å². The minimum atomic E-state index is -0.725. The number of nitrogens with one attached hydrogen (secondary N) is 3. The number of nitrogens with zero attached hydrogens (tertiary/aromatic N) is 6. The number of carbonyl (C=O) groups is 1. The summed E-state index contributed by atoms with van der Waals surface area (Å²) in [5.41, 5.74) is 6.13. The summed E-state index contributed by atoms with van der Waals surface area (Å²) in [6.07, 6.45) is 2.85. The van der Waals surface area contributed by atoms with Crippen molar-refractivity contribution in [2.75, 3.05) is 18.4 Å². The molecule has 0 spiro atoms. The number of guanidine groups is 1. The molecule has 5 rings (SSSR count). The highest BCUT2D eigenvalue weighted by Gasteiger charge is 2.68. The fourth-order valence-corrected chi connectivity index (χ4v) is 4.79. The fourth-order valence-electron chi connectivity index (χ4n) is 4.04. The monoisotopic (exact) mass is 439 g/mol. The predicted molar refractivity (Wildman–Crippen MR) is 115 cm³/mol. The second-order valence-electron chi connectivity index (χ2n) is 7.55. The Hall–Kier alpha value is -3.46. The first-order valence-electron chi connectivity index (χ1n) is 9.69. The Morgan fingerprint density at radius 2 is 2.35 bits per heavy atom. The van der Waals surface area contributed by atoms with E-state index in [0.717, 1.165) is 6.42 Å². The molecule has 3 aliphatic heterocycles. The van der Waals surface area contributed by atoms with Crippen LogP contribution >= 0.6 is 11.8 Å². The molecule has 158 valence electrons. The quantitative estimate of drug-likeness (QED) is 0.586. The number of nitriles is 1. The van der Waals surface area contributed by atoms with E-state index in [4.69, 9.17) is 5.26 Å². The second kappa shape index (κ2) is 7.35. The van der Waals surface area contributed by atoms with Crippen LogP contribution in [0.5, 0.6) is 0 Å². The Balaban J connectivity index is 1.37. The number of piperidine rings is 1. The zero-order valence-electron chi connectivity index (χ0n) is 16.3. The van der Waals surface area contributed by atoms with Crippen LogP contribution < -0.4 is 16.2 Å². The maximum absolute atomic E-state index is 13.1. The summed E-state index contributed by atoms with van der Waals surface area (Å²) in [4.78, 5) is 31.9. The molecule has 2 fully saturated rings. The molecule has 12 heteroatoms. The maximum atomic E-state index is 13.1. The normalized spacial score (nSPS) is 30.0. The van der Waals surface area contributed by atoms with Gasteiger partial charge in [-0.05, 0) is 30.9 Å². The molecular weight excluding hydrogens is 421 g/mol. The highest BCUT2D eigenvalue weighted by atomic mass is 32.2. The molecule has 4 aliphatic rings. The number of anilines is 1. The van der Waals surface area contributed by atoms with Gasteiger partial charge < -0.3 is 10.2 Å². The van der Waals surface area contributed by atoms with Crippen molar-refractivity contribution in [1.29, 1.82) is 5.26 Å².